The summed E-state index contributed by atoms with van der Waals surface area (Å²) in [6.45, 7) is 0. The number of hydrogen-bond donors (Lipinski definition) is 1. The average molecular weight is 323 g/mol. The van der Waals surface area contributed by atoms with Crippen LogP contribution in [0.3, 0.4) is 0 Å². The summed E-state index contributed by atoms with van der Waals surface area (Å²) in [5.41, 5.74) is 1.75. The summed E-state index contributed by atoms with van der Waals surface area (Å²) in [7, 11) is 0. The zero-order valence-corrected chi connectivity index (χ0v) is 12.4. The molecule has 0 radical (unpaired) electrons. The molecular formula is C14H8Cl2N2OS. The lowest BCUT2D eigenvalue weighted by atomic mass is 10.2. The van der Waals surface area contributed by atoms with Gasteiger partial charge in [-0.25, -0.2) is 0 Å². The molecule has 0 bridgehead atoms. The maximum Gasteiger partial charge on any atom is 0.258 e. The molecule has 0 aliphatic carbocycles. The Balaban J connectivity index is 1.97. The number of para-hydroxylation sites is 1. The predicted octanol–water partition coefficient (Wildman–Crippen LogP) is 4.86. The third-order valence-electron chi connectivity index (χ3n) is 2.78. The van der Waals surface area contributed by atoms with Crippen molar-refractivity contribution in [1.29, 1.82) is 0 Å². The highest BCUT2D eigenvalue weighted by atomic mass is 35.5. The molecule has 20 heavy (non-hydrogen) atoms. The Labute approximate surface area is 129 Å². The number of carbonyl (C=O) groups is 1. The van der Waals surface area contributed by atoms with Crippen LogP contribution in [0, 0.1) is 0 Å². The Morgan fingerprint density at radius 3 is 2.75 bits per heavy atom. The second-order valence-corrected chi connectivity index (χ2v) is 6.36. The molecule has 0 spiro atoms. The lowest BCUT2D eigenvalue weighted by molar-refractivity contribution is 0.102. The van der Waals surface area contributed by atoms with Gasteiger partial charge in [0.2, 0.25) is 0 Å². The predicted molar refractivity (Wildman–Crippen MR) is 84.0 cm³/mol. The maximum atomic E-state index is 12.2. The van der Waals surface area contributed by atoms with Gasteiger partial charge in [-0.15, -0.1) is 11.3 Å². The zero-order chi connectivity index (χ0) is 14.1. The first kappa shape index (κ1) is 13.4. The summed E-state index contributed by atoms with van der Waals surface area (Å²) in [5.74, 6) is -0.295. The van der Waals surface area contributed by atoms with Gasteiger partial charge in [0.05, 0.1) is 21.1 Å². The quantitative estimate of drug-likeness (QED) is 0.732. The fourth-order valence-corrected chi connectivity index (χ4v) is 3.35. The molecule has 0 fully saturated rings. The third-order valence-corrected chi connectivity index (χ3v) is 4.27. The molecule has 6 heteroatoms. The summed E-state index contributed by atoms with van der Waals surface area (Å²) < 4.78 is 0.858. The molecule has 1 aromatic carbocycles. The lowest BCUT2D eigenvalue weighted by Crippen LogP contribution is -2.11. The molecule has 100 valence electrons. The molecule has 0 aliphatic heterocycles. The van der Waals surface area contributed by atoms with Gasteiger partial charge in [0.25, 0.3) is 5.91 Å². The van der Waals surface area contributed by atoms with E-state index in [1.54, 1.807) is 18.3 Å². The number of amides is 1. The number of pyridine rings is 1. The minimum Gasteiger partial charge on any atom is -0.320 e. The number of rotatable bonds is 2. The van der Waals surface area contributed by atoms with Crippen LogP contribution in [0.25, 0.3) is 10.9 Å². The van der Waals surface area contributed by atoms with Crippen molar-refractivity contribution < 1.29 is 4.79 Å². The van der Waals surface area contributed by atoms with Crippen LogP contribution in [0.5, 0.6) is 0 Å². The fraction of sp³-hybridized carbons (Fsp3) is 0. The van der Waals surface area contributed by atoms with Crippen LogP contribution in [0.2, 0.25) is 8.67 Å². The van der Waals surface area contributed by atoms with E-state index in [0.29, 0.717) is 19.9 Å². The maximum absolute atomic E-state index is 12.2. The number of halogens is 2. The molecule has 1 amide bonds. The third kappa shape index (κ3) is 2.50. The molecule has 2 heterocycles. The first-order chi connectivity index (χ1) is 9.65. The molecule has 0 unspecified atom stereocenters. The Morgan fingerprint density at radius 1 is 1.20 bits per heavy atom. The normalized spacial score (nSPS) is 10.7. The topological polar surface area (TPSA) is 42.0 Å². The van der Waals surface area contributed by atoms with Gasteiger partial charge in [0.15, 0.2) is 0 Å². The minimum atomic E-state index is -0.295. The molecule has 3 aromatic rings. The largest absolute Gasteiger partial charge is 0.320 e. The van der Waals surface area contributed by atoms with Crippen molar-refractivity contribution in [1.82, 2.24) is 4.98 Å². The Bertz CT molecular complexity index is 795. The molecule has 0 saturated carbocycles. The van der Waals surface area contributed by atoms with Gasteiger partial charge in [-0.1, -0.05) is 41.4 Å². The summed E-state index contributed by atoms with van der Waals surface area (Å²) >= 11 is 13.0. The van der Waals surface area contributed by atoms with Crippen molar-refractivity contribution in [3.8, 4) is 0 Å². The second-order valence-electron chi connectivity index (χ2n) is 4.07. The standard InChI is InChI=1S/C14H8Cl2N2OS/c15-11-7-9(13(16)20-11)14(19)18-10-5-1-3-8-4-2-6-17-12(8)10/h1-7H,(H,18,19). The molecule has 0 atom stereocenters. The second kappa shape index (κ2) is 5.40. The number of anilines is 1. The van der Waals surface area contributed by atoms with Crippen LogP contribution < -0.4 is 5.32 Å². The number of thiophene rings is 1. The summed E-state index contributed by atoms with van der Waals surface area (Å²) in [4.78, 5) is 16.5. The minimum absolute atomic E-state index is 0.295. The van der Waals surface area contributed by atoms with E-state index in [9.17, 15) is 4.79 Å². The van der Waals surface area contributed by atoms with Crippen molar-refractivity contribution in [2.24, 2.45) is 0 Å². The molecule has 3 nitrogen and oxygen atoms in total. The fourth-order valence-electron chi connectivity index (χ4n) is 1.89. The van der Waals surface area contributed by atoms with E-state index < -0.39 is 0 Å². The van der Waals surface area contributed by atoms with Crippen molar-refractivity contribution in [2.45, 2.75) is 0 Å². The number of carbonyl (C=O) groups excluding carboxylic acids is 1. The van der Waals surface area contributed by atoms with E-state index in [2.05, 4.69) is 10.3 Å². The van der Waals surface area contributed by atoms with Crippen LogP contribution in [-0.4, -0.2) is 10.9 Å². The van der Waals surface area contributed by atoms with Crippen molar-refractivity contribution in [3.63, 3.8) is 0 Å². The zero-order valence-electron chi connectivity index (χ0n) is 10.1. The monoisotopic (exact) mass is 322 g/mol. The number of hydrogen-bond acceptors (Lipinski definition) is 3. The smallest absolute Gasteiger partial charge is 0.258 e. The van der Waals surface area contributed by atoms with Crippen molar-refractivity contribution in [2.75, 3.05) is 5.32 Å². The van der Waals surface area contributed by atoms with Gasteiger partial charge in [-0.2, -0.15) is 0 Å². The average Bonchev–Trinajstić information content (AvgIpc) is 2.78. The molecule has 1 N–H and O–H groups in total. The number of aromatic nitrogens is 1. The molecule has 0 saturated heterocycles. The summed E-state index contributed by atoms with van der Waals surface area (Å²) in [6, 6.07) is 10.9. The van der Waals surface area contributed by atoms with Gasteiger partial charge in [0.1, 0.15) is 4.34 Å². The van der Waals surface area contributed by atoms with E-state index >= 15 is 0 Å². The van der Waals surface area contributed by atoms with Gasteiger partial charge < -0.3 is 5.32 Å². The highest BCUT2D eigenvalue weighted by molar-refractivity contribution is 7.20. The summed E-state index contributed by atoms with van der Waals surface area (Å²) in [5, 5.41) is 3.78. The number of nitrogens with one attached hydrogen (secondary N) is 1. The SMILES string of the molecule is O=C(Nc1cccc2cccnc12)c1cc(Cl)sc1Cl. The Kier molecular flexibility index (Phi) is 3.61. The van der Waals surface area contributed by atoms with E-state index in [0.717, 1.165) is 10.9 Å². The van der Waals surface area contributed by atoms with Crippen LogP contribution in [-0.2, 0) is 0 Å². The first-order valence-corrected chi connectivity index (χ1v) is 7.32. The number of nitrogens with zero attached hydrogens (tertiary/aromatic N) is 1. The van der Waals surface area contributed by atoms with Gasteiger partial charge in [-0.3, -0.25) is 9.78 Å². The van der Waals surface area contributed by atoms with Gasteiger partial charge in [-0.05, 0) is 18.2 Å². The van der Waals surface area contributed by atoms with Crippen LogP contribution in [0.1, 0.15) is 10.4 Å². The Morgan fingerprint density at radius 2 is 2.00 bits per heavy atom. The molecule has 2 aromatic heterocycles. The molecular weight excluding hydrogens is 315 g/mol. The molecule has 3 rings (SSSR count). The van der Waals surface area contributed by atoms with Crippen LogP contribution in [0.4, 0.5) is 5.69 Å². The highest BCUT2D eigenvalue weighted by Gasteiger charge is 2.15. The lowest BCUT2D eigenvalue weighted by Gasteiger charge is -2.07. The first-order valence-electron chi connectivity index (χ1n) is 5.75. The highest BCUT2D eigenvalue weighted by Crippen LogP contribution is 2.32. The van der Waals surface area contributed by atoms with E-state index in [1.165, 1.54) is 11.3 Å². The van der Waals surface area contributed by atoms with Crippen molar-refractivity contribution in [3.05, 3.63) is 56.8 Å². The van der Waals surface area contributed by atoms with E-state index in [1.807, 2.05) is 24.3 Å². The molecule has 0 aliphatic rings. The number of fused-ring (bicyclic) bond motifs is 1. The van der Waals surface area contributed by atoms with Crippen molar-refractivity contribution >= 4 is 57.0 Å². The van der Waals surface area contributed by atoms with Gasteiger partial charge in [0, 0.05) is 11.6 Å². The Hall–Kier alpha value is -1.62. The number of benzene rings is 1. The van der Waals surface area contributed by atoms with Crippen LogP contribution in [0.15, 0.2) is 42.6 Å². The summed E-state index contributed by atoms with van der Waals surface area (Å²) in [6.07, 6.45) is 1.69. The van der Waals surface area contributed by atoms with Crippen LogP contribution >= 0.6 is 34.5 Å². The van der Waals surface area contributed by atoms with E-state index in [4.69, 9.17) is 23.2 Å². The van der Waals surface area contributed by atoms with E-state index in [-0.39, 0.29) is 5.91 Å². The van der Waals surface area contributed by atoms with Gasteiger partial charge >= 0.3 is 0 Å².